The smallest absolute Gasteiger partial charge is 0.0279 e. The topological polar surface area (TPSA) is 38.0 Å². The molecule has 0 spiro atoms. The Hall–Kier alpha value is -0.380. The van der Waals surface area contributed by atoms with Crippen LogP contribution in [0.15, 0.2) is 28.7 Å². The lowest BCUT2D eigenvalue weighted by atomic mass is 9.72. The van der Waals surface area contributed by atoms with E-state index in [1.54, 1.807) is 0 Å². The molecule has 1 aromatic carbocycles. The first-order chi connectivity index (χ1) is 9.11. The summed E-state index contributed by atoms with van der Waals surface area (Å²) in [7, 11) is 0. The molecule has 0 saturated heterocycles. The van der Waals surface area contributed by atoms with E-state index < -0.39 is 0 Å². The van der Waals surface area contributed by atoms with Crippen LogP contribution in [0.5, 0.6) is 0 Å². The van der Waals surface area contributed by atoms with E-state index in [-0.39, 0.29) is 0 Å². The lowest BCUT2D eigenvalue weighted by Crippen LogP contribution is -2.44. The fourth-order valence-corrected chi connectivity index (χ4v) is 3.66. The molecule has 3 heteroatoms. The van der Waals surface area contributed by atoms with Crippen LogP contribution < -0.4 is 11.3 Å². The number of nitrogens with one attached hydrogen (secondary N) is 1. The molecule has 4 atom stereocenters. The van der Waals surface area contributed by atoms with Gasteiger partial charge in [-0.3, -0.25) is 11.3 Å². The second kappa shape index (κ2) is 6.87. The third-order valence-electron chi connectivity index (χ3n) is 4.82. The van der Waals surface area contributed by atoms with Gasteiger partial charge in [0.25, 0.3) is 0 Å². The molecule has 1 aliphatic rings. The molecular formula is C16H25BrN2. The molecule has 2 rings (SSSR count). The molecule has 0 radical (unpaired) electrons. The van der Waals surface area contributed by atoms with Gasteiger partial charge in [-0.25, -0.2) is 0 Å². The second-order valence-corrected chi connectivity index (χ2v) is 6.95. The van der Waals surface area contributed by atoms with Crippen LogP contribution in [0.4, 0.5) is 0 Å². The average molecular weight is 325 g/mol. The Morgan fingerprint density at radius 3 is 2.63 bits per heavy atom. The molecule has 1 aliphatic carbocycles. The molecule has 0 aromatic heterocycles. The van der Waals surface area contributed by atoms with Crippen LogP contribution in [0.25, 0.3) is 0 Å². The van der Waals surface area contributed by atoms with Crippen LogP contribution in [0.2, 0.25) is 0 Å². The first-order valence-electron chi connectivity index (χ1n) is 7.31. The summed E-state index contributed by atoms with van der Waals surface area (Å²) in [6.07, 6.45) is 4.93. The molecule has 1 saturated carbocycles. The van der Waals surface area contributed by atoms with E-state index >= 15 is 0 Å². The first kappa shape index (κ1) is 15.0. The van der Waals surface area contributed by atoms with Crippen molar-refractivity contribution in [2.24, 2.45) is 23.6 Å². The molecule has 1 aromatic rings. The monoisotopic (exact) mass is 324 g/mol. The third-order valence-corrected chi connectivity index (χ3v) is 5.59. The normalized spacial score (nSPS) is 29.2. The largest absolute Gasteiger partial charge is 0.271 e. The molecule has 0 amide bonds. The van der Waals surface area contributed by atoms with Gasteiger partial charge in [0.2, 0.25) is 0 Å². The van der Waals surface area contributed by atoms with Gasteiger partial charge < -0.3 is 0 Å². The number of halogens is 1. The summed E-state index contributed by atoms with van der Waals surface area (Å²) in [5.74, 6) is 8.19. The van der Waals surface area contributed by atoms with E-state index in [9.17, 15) is 0 Å². The summed E-state index contributed by atoms with van der Waals surface area (Å²) in [6, 6.07) is 8.83. The fourth-order valence-electron chi connectivity index (χ4n) is 3.22. The van der Waals surface area contributed by atoms with Gasteiger partial charge in [-0.05, 0) is 48.6 Å². The summed E-state index contributed by atoms with van der Waals surface area (Å²) in [5.41, 5.74) is 4.41. The van der Waals surface area contributed by atoms with Crippen molar-refractivity contribution in [3.63, 3.8) is 0 Å². The van der Waals surface area contributed by atoms with Gasteiger partial charge in [0.1, 0.15) is 0 Å². The van der Waals surface area contributed by atoms with Crippen molar-refractivity contribution in [3.8, 4) is 0 Å². The van der Waals surface area contributed by atoms with Gasteiger partial charge in [0, 0.05) is 10.5 Å². The molecule has 0 heterocycles. The predicted octanol–water partition coefficient (Wildman–Crippen LogP) is 3.90. The minimum absolute atomic E-state index is 0.383. The average Bonchev–Trinajstić information content (AvgIpc) is 2.41. The van der Waals surface area contributed by atoms with Gasteiger partial charge in [0.05, 0.1) is 0 Å². The van der Waals surface area contributed by atoms with Crippen LogP contribution in [0.3, 0.4) is 0 Å². The Bertz CT molecular complexity index is 407. The van der Waals surface area contributed by atoms with Crippen molar-refractivity contribution < 1.29 is 0 Å². The van der Waals surface area contributed by atoms with E-state index in [1.807, 2.05) is 0 Å². The second-order valence-electron chi connectivity index (χ2n) is 6.10. The van der Waals surface area contributed by atoms with E-state index in [0.29, 0.717) is 12.0 Å². The van der Waals surface area contributed by atoms with Crippen molar-refractivity contribution in [2.45, 2.75) is 45.6 Å². The molecule has 0 aliphatic heterocycles. The van der Waals surface area contributed by atoms with Crippen LogP contribution >= 0.6 is 15.9 Å². The summed E-state index contributed by atoms with van der Waals surface area (Å²) in [5, 5.41) is 0. The lowest BCUT2D eigenvalue weighted by Gasteiger charge is -2.36. The molecule has 1 fully saturated rings. The van der Waals surface area contributed by atoms with Crippen molar-refractivity contribution in [3.05, 3.63) is 34.3 Å². The van der Waals surface area contributed by atoms with Gasteiger partial charge in [-0.15, -0.1) is 0 Å². The summed E-state index contributed by atoms with van der Waals surface area (Å²) in [6.45, 7) is 4.75. The maximum Gasteiger partial charge on any atom is 0.0279 e. The maximum absolute atomic E-state index is 5.82. The van der Waals surface area contributed by atoms with E-state index in [1.165, 1.54) is 29.3 Å². The third kappa shape index (κ3) is 3.80. The molecule has 3 N–H and O–H groups in total. The molecule has 0 bridgehead atoms. The number of hydrogen-bond donors (Lipinski definition) is 2. The summed E-state index contributed by atoms with van der Waals surface area (Å²) >= 11 is 3.63. The van der Waals surface area contributed by atoms with Crippen molar-refractivity contribution in [1.82, 2.24) is 5.43 Å². The number of benzene rings is 1. The summed E-state index contributed by atoms with van der Waals surface area (Å²) in [4.78, 5) is 0. The highest BCUT2D eigenvalue weighted by Crippen LogP contribution is 2.36. The van der Waals surface area contributed by atoms with Gasteiger partial charge in [-0.2, -0.15) is 0 Å². The zero-order chi connectivity index (χ0) is 13.8. The Labute approximate surface area is 125 Å². The highest BCUT2D eigenvalue weighted by Gasteiger charge is 2.29. The van der Waals surface area contributed by atoms with Crippen LogP contribution in [0.1, 0.15) is 38.7 Å². The number of nitrogens with two attached hydrogens (primary N) is 1. The lowest BCUT2D eigenvalue weighted by molar-refractivity contribution is 0.170. The minimum Gasteiger partial charge on any atom is -0.271 e. The maximum atomic E-state index is 5.82. The molecule has 19 heavy (non-hydrogen) atoms. The standard InChI is InChI=1S/C16H25BrN2/c1-11-7-8-14(9-12(11)2)16(19-18)10-13-5-3-4-6-15(13)17/h3-6,11-12,14,16,19H,7-10,18H2,1-2H3. The Balaban J connectivity index is 2.02. The first-order valence-corrected chi connectivity index (χ1v) is 8.10. The zero-order valence-electron chi connectivity index (χ0n) is 11.9. The fraction of sp³-hybridized carbons (Fsp3) is 0.625. The highest BCUT2D eigenvalue weighted by molar-refractivity contribution is 9.10. The van der Waals surface area contributed by atoms with Crippen molar-refractivity contribution in [2.75, 3.05) is 0 Å². The van der Waals surface area contributed by atoms with Crippen LogP contribution in [-0.2, 0) is 6.42 Å². The summed E-state index contributed by atoms with van der Waals surface area (Å²) < 4.78 is 1.19. The van der Waals surface area contributed by atoms with Gasteiger partial charge >= 0.3 is 0 Å². The Morgan fingerprint density at radius 1 is 1.26 bits per heavy atom. The molecule has 106 valence electrons. The quantitative estimate of drug-likeness (QED) is 0.651. The minimum atomic E-state index is 0.383. The van der Waals surface area contributed by atoms with Gasteiger partial charge in [-0.1, -0.05) is 54.4 Å². The Kier molecular flexibility index (Phi) is 5.43. The van der Waals surface area contributed by atoms with Crippen LogP contribution in [0, 0.1) is 17.8 Å². The highest BCUT2D eigenvalue weighted by atomic mass is 79.9. The number of hydrazine groups is 1. The van der Waals surface area contributed by atoms with Gasteiger partial charge in [0.15, 0.2) is 0 Å². The van der Waals surface area contributed by atoms with E-state index in [0.717, 1.165) is 18.3 Å². The molecule has 2 nitrogen and oxygen atoms in total. The van der Waals surface area contributed by atoms with E-state index in [2.05, 4.69) is 59.5 Å². The van der Waals surface area contributed by atoms with Crippen LogP contribution in [-0.4, -0.2) is 6.04 Å². The number of hydrogen-bond acceptors (Lipinski definition) is 2. The van der Waals surface area contributed by atoms with Crippen molar-refractivity contribution in [1.29, 1.82) is 0 Å². The Morgan fingerprint density at radius 2 is 2.00 bits per heavy atom. The molecular weight excluding hydrogens is 300 g/mol. The van der Waals surface area contributed by atoms with Crippen molar-refractivity contribution >= 4 is 15.9 Å². The SMILES string of the molecule is CC1CCC(C(Cc2ccccc2Br)NN)CC1C. The number of rotatable bonds is 4. The predicted molar refractivity (Wildman–Crippen MR) is 84.6 cm³/mol. The zero-order valence-corrected chi connectivity index (χ0v) is 13.5. The van der Waals surface area contributed by atoms with E-state index in [4.69, 9.17) is 5.84 Å². The molecule has 4 unspecified atom stereocenters.